The van der Waals surface area contributed by atoms with Gasteiger partial charge in [0.05, 0.1) is 11.4 Å². The summed E-state index contributed by atoms with van der Waals surface area (Å²) < 4.78 is 2.34. The highest BCUT2D eigenvalue weighted by Gasteiger charge is 2.31. The van der Waals surface area contributed by atoms with Gasteiger partial charge in [-0.1, -0.05) is 31.0 Å². The van der Waals surface area contributed by atoms with Gasteiger partial charge in [-0.25, -0.2) is 4.98 Å². The fraction of sp³-hybridized carbons (Fsp3) is 0.737. The average Bonchev–Trinajstić information content (AvgIpc) is 2.94. The molecule has 2 heterocycles. The molecule has 0 bridgehead atoms. The van der Waals surface area contributed by atoms with E-state index in [9.17, 15) is 9.59 Å². The molecule has 6 nitrogen and oxygen atoms in total. The number of piperidine rings is 1. The van der Waals surface area contributed by atoms with Crippen LogP contribution >= 0.6 is 11.8 Å². The molecule has 3 rings (SSSR count). The monoisotopic (exact) mass is 378 g/mol. The lowest BCUT2D eigenvalue weighted by Crippen LogP contribution is -2.51. The number of aryl methyl sites for hydroxylation is 1. The first-order valence-corrected chi connectivity index (χ1v) is 10.7. The third kappa shape index (κ3) is 4.08. The number of aromatic nitrogens is 2. The van der Waals surface area contributed by atoms with Crippen molar-refractivity contribution in [1.29, 1.82) is 0 Å². The van der Waals surface area contributed by atoms with Crippen LogP contribution in [0.2, 0.25) is 0 Å². The molecule has 1 saturated heterocycles. The number of likely N-dealkylation sites (tertiary alicyclic amines) is 1. The van der Waals surface area contributed by atoms with Gasteiger partial charge in [0.1, 0.15) is 6.04 Å². The first kappa shape index (κ1) is 19.3. The number of hydrogen-bond acceptors (Lipinski definition) is 4. The number of thioether (sulfide) groups is 1. The van der Waals surface area contributed by atoms with E-state index in [1.807, 2.05) is 6.92 Å². The predicted octanol–water partition coefficient (Wildman–Crippen LogP) is 2.96. The average molecular weight is 379 g/mol. The Hall–Kier alpha value is -1.50. The number of carbonyl (C=O) groups excluding carboxylic acids is 2. The van der Waals surface area contributed by atoms with Crippen LogP contribution in [0.5, 0.6) is 0 Å². The van der Waals surface area contributed by atoms with Gasteiger partial charge >= 0.3 is 0 Å². The minimum absolute atomic E-state index is 0.00741. The highest BCUT2D eigenvalue weighted by molar-refractivity contribution is 7.99. The molecular formula is C19H30N4O2S. The van der Waals surface area contributed by atoms with E-state index in [1.54, 1.807) is 4.90 Å². The van der Waals surface area contributed by atoms with E-state index in [0.717, 1.165) is 23.7 Å². The van der Waals surface area contributed by atoms with E-state index in [4.69, 9.17) is 10.7 Å². The molecule has 1 aromatic heterocycles. The molecule has 2 N–H and O–H groups in total. The highest BCUT2D eigenvalue weighted by Crippen LogP contribution is 2.34. The van der Waals surface area contributed by atoms with Gasteiger partial charge in [0.25, 0.3) is 0 Å². The summed E-state index contributed by atoms with van der Waals surface area (Å²) in [6.45, 7) is 4.78. The number of rotatable bonds is 5. The Kier molecular flexibility index (Phi) is 6.27. The lowest BCUT2D eigenvalue weighted by atomic mass is 9.95. The van der Waals surface area contributed by atoms with Crippen LogP contribution in [0.4, 0.5) is 0 Å². The molecule has 0 radical (unpaired) electrons. The maximum absolute atomic E-state index is 12.7. The summed E-state index contributed by atoms with van der Waals surface area (Å²) in [7, 11) is 0. The van der Waals surface area contributed by atoms with Gasteiger partial charge in [-0.3, -0.25) is 9.59 Å². The minimum Gasteiger partial charge on any atom is -0.368 e. The number of nitrogens with zero attached hydrogens (tertiary/aromatic N) is 3. The number of imidazole rings is 1. The van der Waals surface area contributed by atoms with Gasteiger partial charge in [-0.2, -0.15) is 0 Å². The number of primary amides is 1. The standard InChI is InChI=1S/C19H30N4O2S/c1-13-14(2)23(15-8-4-3-5-9-15)19(21-13)26-12-17(24)22-11-7-6-10-16(22)18(20)25/h15-16H,3-12H2,1-2H3,(H2,20,25). The molecular weight excluding hydrogens is 348 g/mol. The third-order valence-corrected chi connectivity index (χ3v) is 6.71. The second kappa shape index (κ2) is 8.46. The molecule has 2 aliphatic rings. The molecule has 7 heteroatoms. The summed E-state index contributed by atoms with van der Waals surface area (Å²) in [4.78, 5) is 30.8. The Morgan fingerprint density at radius 3 is 2.50 bits per heavy atom. The summed E-state index contributed by atoms with van der Waals surface area (Å²) in [5, 5.41) is 0.938. The molecule has 2 fully saturated rings. The lowest BCUT2D eigenvalue weighted by molar-refractivity contribution is -0.138. The molecule has 0 aromatic carbocycles. The summed E-state index contributed by atoms with van der Waals surface area (Å²) in [6, 6.07) is 0.0503. The fourth-order valence-electron chi connectivity index (χ4n) is 4.20. The van der Waals surface area contributed by atoms with Crippen molar-refractivity contribution in [3.63, 3.8) is 0 Å². The van der Waals surface area contributed by atoms with Crippen LogP contribution < -0.4 is 5.73 Å². The van der Waals surface area contributed by atoms with Crippen molar-refractivity contribution in [2.24, 2.45) is 5.73 Å². The molecule has 1 atom stereocenters. The van der Waals surface area contributed by atoms with E-state index < -0.39 is 11.9 Å². The van der Waals surface area contributed by atoms with Crippen LogP contribution in [0.15, 0.2) is 5.16 Å². The topological polar surface area (TPSA) is 81.2 Å². The first-order valence-electron chi connectivity index (χ1n) is 9.76. The summed E-state index contributed by atoms with van der Waals surface area (Å²) in [6.07, 6.45) is 8.79. The number of amides is 2. The number of nitrogens with two attached hydrogens (primary N) is 1. The summed E-state index contributed by atoms with van der Waals surface area (Å²) in [5.41, 5.74) is 7.74. The molecule has 0 spiro atoms. The first-order chi connectivity index (χ1) is 12.5. The van der Waals surface area contributed by atoms with Gasteiger partial charge in [-0.05, 0) is 46.0 Å². The van der Waals surface area contributed by atoms with Crippen LogP contribution in [0.3, 0.4) is 0 Å². The van der Waals surface area contributed by atoms with Crippen molar-refractivity contribution in [3.05, 3.63) is 11.4 Å². The third-order valence-electron chi connectivity index (χ3n) is 5.77. The second-order valence-corrected chi connectivity index (χ2v) is 8.46. The highest BCUT2D eigenvalue weighted by atomic mass is 32.2. The fourth-order valence-corrected chi connectivity index (χ4v) is 5.25. The summed E-state index contributed by atoms with van der Waals surface area (Å²) in [5.74, 6) is -0.0858. The zero-order chi connectivity index (χ0) is 18.7. The van der Waals surface area contributed by atoms with Gasteiger partial charge < -0.3 is 15.2 Å². The van der Waals surface area contributed by atoms with E-state index in [1.165, 1.54) is 49.6 Å². The molecule has 1 aliphatic carbocycles. The smallest absolute Gasteiger partial charge is 0.240 e. The van der Waals surface area contributed by atoms with Gasteiger partial charge in [0.15, 0.2) is 5.16 Å². The Morgan fingerprint density at radius 2 is 1.81 bits per heavy atom. The molecule has 144 valence electrons. The maximum Gasteiger partial charge on any atom is 0.240 e. The van der Waals surface area contributed by atoms with Crippen LogP contribution in [0.1, 0.15) is 68.8 Å². The van der Waals surface area contributed by atoms with Crippen molar-refractivity contribution >= 4 is 23.6 Å². The van der Waals surface area contributed by atoms with Crippen LogP contribution in [-0.2, 0) is 9.59 Å². The zero-order valence-corrected chi connectivity index (χ0v) is 16.7. The zero-order valence-electron chi connectivity index (χ0n) is 15.9. The lowest BCUT2D eigenvalue weighted by Gasteiger charge is -2.33. The number of carbonyl (C=O) groups is 2. The Morgan fingerprint density at radius 1 is 1.12 bits per heavy atom. The maximum atomic E-state index is 12.7. The second-order valence-electron chi connectivity index (χ2n) is 7.52. The van der Waals surface area contributed by atoms with Crippen molar-refractivity contribution in [2.45, 2.75) is 82.5 Å². The van der Waals surface area contributed by atoms with Gasteiger partial charge in [-0.15, -0.1) is 0 Å². The van der Waals surface area contributed by atoms with E-state index >= 15 is 0 Å². The Labute approximate surface area is 159 Å². The van der Waals surface area contributed by atoms with Crippen molar-refractivity contribution in [3.8, 4) is 0 Å². The van der Waals surface area contributed by atoms with E-state index in [0.29, 0.717) is 24.8 Å². The predicted molar refractivity (Wildman–Crippen MR) is 103 cm³/mol. The minimum atomic E-state index is -0.446. The van der Waals surface area contributed by atoms with Gasteiger partial charge in [0, 0.05) is 18.3 Å². The quantitative estimate of drug-likeness (QED) is 0.799. The van der Waals surface area contributed by atoms with E-state index in [-0.39, 0.29) is 5.91 Å². The Bertz CT molecular complexity index is 667. The normalized spacial score (nSPS) is 21.8. The summed E-state index contributed by atoms with van der Waals surface area (Å²) >= 11 is 1.50. The van der Waals surface area contributed by atoms with Gasteiger partial charge in [0.2, 0.25) is 11.8 Å². The SMILES string of the molecule is Cc1nc(SCC(=O)N2CCCCC2C(N)=O)n(C2CCCCC2)c1C. The molecule has 1 aliphatic heterocycles. The van der Waals surface area contributed by atoms with Crippen molar-refractivity contribution in [1.82, 2.24) is 14.5 Å². The molecule has 1 aromatic rings. The largest absolute Gasteiger partial charge is 0.368 e. The van der Waals surface area contributed by atoms with Crippen LogP contribution in [0.25, 0.3) is 0 Å². The molecule has 2 amide bonds. The number of hydrogen-bond donors (Lipinski definition) is 1. The molecule has 26 heavy (non-hydrogen) atoms. The van der Waals surface area contributed by atoms with Crippen LogP contribution in [0, 0.1) is 13.8 Å². The Balaban J connectivity index is 1.70. The molecule has 1 saturated carbocycles. The van der Waals surface area contributed by atoms with Crippen molar-refractivity contribution in [2.75, 3.05) is 12.3 Å². The molecule has 1 unspecified atom stereocenters. The van der Waals surface area contributed by atoms with Crippen LogP contribution in [-0.4, -0.2) is 44.6 Å². The van der Waals surface area contributed by atoms with Crippen molar-refractivity contribution < 1.29 is 9.59 Å². The van der Waals surface area contributed by atoms with E-state index in [2.05, 4.69) is 11.5 Å².